The second-order valence-electron chi connectivity index (χ2n) is 4.48. The lowest BCUT2D eigenvalue weighted by atomic mass is 10.1. The van der Waals surface area contributed by atoms with Gasteiger partial charge in [-0.25, -0.2) is 0 Å². The van der Waals surface area contributed by atoms with Gasteiger partial charge in [0, 0.05) is 6.54 Å². The molecular weight excluding hydrogens is 268 g/mol. The van der Waals surface area contributed by atoms with E-state index in [4.69, 9.17) is 11.6 Å². The minimum absolute atomic E-state index is 0.0357. The molecule has 1 amide bonds. The minimum Gasteiger partial charge on any atom is -0.469 e. The largest absolute Gasteiger partial charge is 0.469 e. The number of hydrogen-bond donors (Lipinski definition) is 2. The second-order valence-corrected chi connectivity index (χ2v) is 4.88. The Labute approximate surface area is 116 Å². The summed E-state index contributed by atoms with van der Waals surface area (Å²) in [6.45, 7) is 2.32. The van der Waals surface area contributed by atoms with Gasteiger partial charge in [-0.05, 0) is 24.1 Å². The highest BCUT2D eigenvalue weighted by Crippen LogP contribution is 2.30. The molecular formula is C13H15ClN2O3. The Kier molecular flexibility index (Phi) is 3.95. The second kappa shape index (κ2) is 5.48. The molecule has 1 aromatic carbocycles. The highest BCUT2D eigenvalue weighted by molar-refractivity contribution is 6.33. The fourth-order valence-electron chi connectivity index (χ4n) is 2.05. The average molecular weight is 283 g/mol. The van der Waals surface area contributed by atoms with E-state index in [1.54, 1.807) is 0 Å². The summed E-state index contributed by atoms with van der Waals surface area (Å²) in [6.07, 6.45) is -0.0357. The normalized spacial score (nSPS) is 17.8. The molecule has 0 aromatic heterocycles. The number of aryl methyl sites for hydroxylation is 1. The van der Waals surface area contributed by atoms with Crippen molar-refractivity contribution >= 4 is 29.2 Å². The zero-order chi connectivity index (χ0) is 14.0. The molecule has 2 N–H and O–H groups in total. The molecule has 102 valence electrons. The number of anilines is 1. The lowest BCUT2D eigenvalue weighted by molar-refractivity contribution is -0.142. The number of ether oxygens (including phenoxy) is 1. The lowest BCUT2D eigenvalue weighted by Crippen LogP contribution is -2.38. The molecule has 0 saturated carbocycles. The minimum atomic E-state index is -0.672. The van der Waals surface area contributed by atoms with Crippen molar-refractivity contribution in [3.8, 4) is 0 Å². The quantitative estimate of drug-likeness (QED) is 0.809. The van der Waals surface area contributed by atoms with Gasteiger partial charge in [0.2, 0.25) is 5.91 Å². The van der Waals surface area contributed by atoms with Crippen molar-refractivity contribution in [2.75, 3.05) is 12.4 Å². The van der Waals surface area contributed by atoms with E-state index >= 15 is 0 Å². The number of hydrogen-bond acceptors (Lipinski definition) is 4. The number of carbonyl (C=O) groups excluding carboxylic acids is 2. The Bertz CT molecular complexity index is 531. The smallest absolute Gasteiger partial charge is 0.308 e. The summed E-state index contributed by atoms with van der Waals surface area (Å²) in [7, 11) is 1.29. The SMILES string of the molecule is COC(=O)CC1Nc2c(Cl)cc(C)cc2CNC1=O. The lowest BCUT2D eigenvalue weighted by Gasteiger charge is -2.16. The molecule has 2 rings (SSSR count). The molecule has 1 atom stereocenters. The van der Waals surface area contributed by atoms with Gasteiger partial charge in [-0.1, -0.05) is 17.7 Å². The highest BCUT2D eigenvalue weighted by Gasteiger charge is 2.27. The molecule has 19 heavy (non-hydrogen) atoms. The van der Waals surface area contributed by atoms with Crippen LogP contribution in [0.1, 0.15) is 17.5 Å². The summed E-state index contributed by atoms with van der Waals surface area (Å²) in [5.41, 5.74) is 2.62. The van der Waals surface area contributed by atoms with Gasteiger partial charge in [-0.2, -0.15) is 0 Å². The van der Waals surface area contributed by atoms with Gasteiger partial charge in [0.1, 0.15) is 6.04 Å². The van der Waals surface area contributed by atoms with Crippen LogP contribution < -0.4 is 10.6 Å². The summed E-state index contributed by atoms with van der Waals surface area (Å²) in [6, 6.07) is 3.10. The average Bonchev–Trinajstić information content (AvgIpc) is 2.51. The number of esters is 1. The number of fused-ring (bicyclic) bond motifs is 1. The van der Waals surface area contributed by atoms with Crippen LogP contribution in [-0.2, 0) is 20.9 Å². The van der Waals surface area contributed by atoms with Gasteiger partial charge < -0.3 is 15.4 Å². The van der Waals surface area contributed by atoms with Gasteiger partial charge in [-0.15, -0.1) is 0 Å². The highest BCUT2D eigenvalue weighted by atomic mass is 35.5. The van der Waals surface area contributed by atoms with Crippen molar-refractivity contribution in [1.82, 2.24) is 5.32 Å². The molecule has 6 heteroatoms. The molecule has 0 radical (unpaired) electrons. The van der Waals surface area contributed by atoms with Crippen molar-refractivity contribution in [3.63, 3.8) is 0 Å². The van der Waals surface area contributed by atoms with Crippen LogP contribution >= 0.6 is 11.6 Å². The molecule has 1 heterocycles. The van der Waals surface area contributed by atoms with E-state index in [9.17, 15) is 9.59 Å². The van der Waals surface area contributed by atoms with Gasteiger partial charge in [0.25, 0.3) is 0 Å². The summed E-state index contributed by atoms with van der Waals surface area (Å²) in [4.78, 5) is 23.2. The van der Waals surface area contributed by atoms with Gasteiger partial charge in [-0.3, -0.25) is 9.59 Å². The van der Waals surface area contributed by atoms with E-state index in [0.717, 1.165) is 11.1 Å². The predicted octanol–water partition coefficient (Wildman–Crippen LogP) is 1.62. The van der Waals surface area contributed by atoms with Crippen molar-refractivity contribution in [2.24, 2.45) is 0 Å². The van der Waals surface area contributed by atoms with Gasteiger partial charge in [0.05, 0.1) is 24.2 Å². The first-order chi connectivity index (χ1) is 9.01. The monoisotopic (exact) mass is 282 g/mol. The van der Waals surface area contributed by atoms with E-state index in [0.29, 0.717) is 17.3 Å². The van der Waals surface area contributed by atoms with E-state index in [1.165, 1.54) is 7.11 Å². The Balaban J connectivity index is 2.30. The van der Waals surface area contributed by atoms with Crippen LogP contribution in [0.3, 0.4) is 0 Å². The Morgan fingerprint density at radius 3 is 2.95 bits per heavy atom. The number of carbonyl (C=O) groups is 2. The first-order valence-electron chi connectivity index (χ1n) is 5.91. The number of benzene rings is 1. The van der Waals surface area contributed by atoms with Crippen LogP contribution in [0.15, 0.2) is 12.1 Å². The molecule has 0 bridgehead atoms. The molecule has 1 aliphatic rings. The molecule has 1 aromatic rings. The van der Waals surface area contributed by atoms with E-state index in [2.05, 4.69) is 15.4 Å². The standard InChI is InChI=1S/C13H15ClN2O3/c1-7-3-8-6-15-13(18)10(5-11(17)19-2)16-12(8)9(14)4-7/h3-4,10,16H,5-6H2,1-2H3,(H,15,18). The number of halogens is 1. The summed E-state index contributed by atoms with van der Waals surface area (Å²) in [5, 5.41) is 6.33. The maximum absolute atomic E-state index is 11.9. The first kappa shape index (κ1) is 13.7. The van der Waals surface area contributed by atoms with Crippen LogP contribution in [0.25, 0.3) is 0 Å². The van der Waals surface area contributed by atoms with Crippen LogP contribution in [0.5, 0.6) is 0 Å². The third-order valence-corrected chi connectivity index (χ3v) is 3.30. The molecule has 5 nitrogen and oxygen atoms in total. The molecule has 0 fully saturated rings. The van der Waals surface area contributed by atoms with Crippen molar-refractivity contribution in [3.05, 3.63) is 28.3 Å². The number of amides is 1. The summed E-state index contributed by atoms with van der Waals surface area (Å²) < 4.78 is 4.59. The Morgan fingerprint density at radius 1 is 1.53 bits per heavy atom. The van der Waals surface area contributed by atoms with E-state index in [-0.39, 0.29) is 12.3 Å². The molecule has 0 spiro atoms. The zero-order valence-electron chi connectivity index (χ0n) is 10.7. The van der Waals surface area contributed by atoms with Crippen LogP contribution in [-0.4, -0.2) is 25.0 Å². The summed E-state index contributed by atoms with van der Waals surface area (Å²) in [5.74, 6) is -0.686. The Morgan fingerprint density at radius 2 is 2.26 bits per heavy atom. The zero-order valence-corrected chi connectivity index (χ0v) is 11.5. The number of methoxy groups -OCH3 is 1. The first-order valence-corrected chi connectivity index (χ1v) is 6.29. The topological polar surface area (TPSA) is 67.4 Å². The van der Waals surface area contributed by atoms with E-state index in [1.807, 2.05) is 19.1 Å². The number of rotatable bonds is 2. The fraction of sp³-hybridized carbons (Fsp3) is 0.385. The van der Waals surface area contributed by atoms with Crippen LogP contribution in [0, 0.1) is 6.92 Å². The van der Waals surface area contributed by atoms with Gasteiger partial charge in [0.15, 0.2) is 0 Å². The third-order valence-electron chi connectivity index (χ3n) is 3.00. The van der Waals surface area contributed by atoms with Gasteiger partial charge >= 0.3 is 5.97 Å². The van der Waals surface area contributed by atoms with Crippen molar-refractivity contribution in [1.29, 1.82) is 0 Å². The van der Waals surface area contributed by atoms with Crippen molar-refractivity contribution < 1.29 is 14.3 Å². The Hall–Kier alpha value is -1.75. The van der Waals surface area contributed by atoms with Crippen LogP contribution in [0.4, 0.5) is 5.69 Å². The molecule has 0 aliphatic carbocycles. The maximum atomic E-state index is 11.9. The number of nitrogens with one attached hydrogen (secondary N) is 2. The van der Waals surface area contributed by atoms with Crippen molar-refractivity contribution in [2.45, 2.75) is 25.9 Å². The third kappa shape index (κ3) is 2.98. The summed E-state index contributed by atoms with van der Waals surface area (Å²) >= 11 is 6.19. The molecule has 1 unspecified atom stereocenters. The predicted molar refractivity (Wildman–Crippen MR) is 72.1 cm³/mol. The molecule has 1 aliphatic heterocycles. The molecule has 0 saturated heterocycles. The van der Waals surface area contributed by atoms with E-state index < -0.39 is 12.0 Å². The fourth-order valence-corrected chi connectivity index (χ4v) is 2.40. The maximum Gasteiger partial charge on any atom is 0.308 e. The van der Waals surface area contributed by atoms with Crippen LogP contribution in [0.2, 0.25) is 5.02 Å².